The minimum Gasteiger partial charge on any atom is -0.374 e. The van der Waals surface area contributed by atoms with Crippen molar-refractivity contribution in [3.8, 4) is 0 Å². The molecule has 92 valence electrons. The Morgan fingerprint density at radius 2 is 2.12 bits per heavy atom. The van der Waals surface area contributed by atoms with E-state index in [4.69, 9.17) is 4.74 Å². The van der Waals surface area contributed by atoms with Crippen molar-refractivity contribution >= 4 is 5.78 Å². The van der Waals surface area contributed by atoms with Gasteiger partial charge in [-0.25, -0.2) is 0 Å². The second-order valence-electron chi connectivity index (χ2n) is 5.93. The van der Waals surface area contributed by atoms with E-state index in [9.17, 15) is 4.79 Å². The van der Waals surface area contributed by atoms with Crippen molar-refractivity contribution in [1.82, 2.24) is 0 Å². The van der Waals surface area contributed by atoms with Gasteiger partial charge in [-0.3, -0.25) is 4.79 Å². The number of carbonyl (C=O) groups is 1. The Morgan fingerprint density at radius 3 is 2.81 bits per heavy atom. The molecule has 16 heavy (non-hydrogen) atoms. The van der Waals surface area contributed by atoms with Crippen molar-refractivity contribution in [3.05, 3.63) is 0 Å². The van der Waals surface area contributed by atoms with E-state index in [1.54, 1.807) is 0 Å². The zero-order chi connectivity index (χ0) is 11.6. The molecule has 1 heterocycles. The van der Waals surface area contributed by atoms with Crippen LogP contribution >= 0.6 is 0 Å². The third-order valence-corrected chi connectivity index (χ3v) is 4.43. The smallest absolute Gasteiger partial charge is 0.138 e. The molecular weight excluding hydrogens is 200 g/mol. The second kappa shape index (κ2) is 4.87. The van der Waals surface area contributed by atoms with E-state index in [0.29, 0.717) is 25.2 Å². The zero-order valence-electron chi connectivity index (χ0n) is 10.6. The van der Waals surface area contributed by atoms with Crippen LogP contribution in [0.5, 0.6) is 0 Å². The Bertz CT molecular complexity index is 259. The first-order valence-corrected chi connectivity index (χ1v) is 6.77. The fraction of sp³-hybridized carbons (Fsp3) is 0.929. The summed E-state index contributed by atoms with van der Waals surface area (Å²) in [5.74, 6) is 2.02. The van der Waals surface area contributed by atoms with Gasteiger partial charge in [0, 0.05) is 12.8 Å². The van der Waals surface area contributed by atoms with Crippen LogP contribution in [0.25, 0.3) is 0 Å². The summed E-state index contributed by atoms with van der Waals surface area (Å²) in [5, 5.41) is 0. The standard InChI is InChI=1S/C14H24O2/c1-11(2)12-4-3-7-14(8-5-12)10-13(15)6-9-16-14/h11-12H,3-10H2,1-2H3. The summed E-state index contributed by atoms with van der Waals surface area (Å²) in [4.78, 5) is 11.6. The molecule has 2 unspecified atom stereocenters. The number of Topliss-reactive ketones (excluding diaryl/α,β-unsaturated/α-hetero) is 1. The van der Waals surface area contributed by atoms with Gasteiger partial charge in [-0.1, -0.05) is 26.7 Å². The van der Waals surface area contributed by atoms with Crippen molar-refractivity contribution in [2.75, 3.05) is 6.61 Å². The molecule has 1 saturated heterocycles. The summed E-state index contributed by atoms with van der Waals surface area (Å²) in [5.41, 5.74) is -0.0705. The van der Waals surface area contributed by atoms with Crippen LogP contribution in [0.3, 0.4) is 0 Å². The third-order valence-electron chi connectivity index (χ3n) is 4.43. The zero-order valence-corrected chi connectivity index (χ0v) is 10.6. The Labute approximate surface area is 98.7 Å². The Morgan fingerprint density at radius 1 is 1.31 bits per heavy atom. The molecule has 2 nitrogen and oxygen atoms in total. The molecule has 2 rings (SSSR count). The van der Waals surface area contributed by atoms with Crippen LogP contribution in [0.1, 0.15) is 58.8 Å². The first-order chi connectivity index (χ1) is 7.61. The van der Waals surface area contributed by atoms with Crippen molar-refractivity contribution in [3.63, 3.8) is 0 Å². The summed E-state index contributed by atoms with van der Waals surface area (Å²) in [6, 6.07) is 0. The number of ether oxygens (including phenoxy) is 1. The van der Waals surface area contributed by atoms with Gasteiger partial charge >= 0.3 is 0 Å². The molecule has 2 fully saturated rings. The first-order valence-electron chi connectivity index (χ1n) is 6.77. The van der Waals surface area contributed by atoms with E-state index < -0.39 is 0 Å². The number of rotatable bonds is 1. The molecule has 1 spiro atoms. The van der Waals surface area contributed by atoms with Gasteiger partial charge in [0.2, 0.25) is 0 Å². The average Bonchev–Trinajstić information content (AvgIpc) is 2.41. The number of hydrogen-bond acceptors (Lipinski definition) is 2. The molecule has 0 amide bonds. The van der Waals surface area contributed by atoms with E-state index in [-0.39, 0.29) is 5.60 Å². The lowest BCUT2D eigenvalue weighted by atomic mass is 9.84. The molecule has 0 bridgehead atoms. The highest BCUT2D eigenvalue weighted by molar-refractivity contribution is 5.80. The van der Waals surface area contributed by atoms with Gasteiger partial charge in [-0.2, -0.15) is 0 Å². The summed E-state index contributed by atoms with van der Waals surface area (Å²) < 4.78 is 5.96. The highest BCUT2D eigenvalue weighted by atomic mass is 16.5. The Balaban J connectivity index is 1.99. The Hall–Kier alpha value is -0.370. The first kappa shape index (κ1) is 12.1. The fourth-order valence-electron chi connectivity index (χ4n) is 3.27. The molecule has 2 aliphatic rings. The SMILES string of the molecule is CC(C)C1CCCC2(CC1)CC(=O)CCO2. The molecule has 1 saturated carbocycles. The molecule has 1 aliphatic heterocycles. The predicted octanol–water partition coefficient (Wildman–Crippen LogP) is 3.34. The van der Waals surface area contributed by atoms with Crippen molar-refractivity contribution in [1.29, 1.82) is 0 Å². The molecule has 0 aromatic rings. The van der Waals surface area contributed by atoms with E-state index in [2.05, 4.69) is 13.8 Å². The molecule has 1 aliphatic carbocycles. The van der Waals surface area contributed by atoms with Crippen molar-refractivity contribution < 1.29 is 9.53 Å². The minimum atomic E-state index is -0.0705. The number of hydrogen-bond donors (Lipinski definition) is 0. The van der Waals surface area contributed by atoms with Crippen molar-refractivity contribution in [2.24, 2.45) is 11.8 Å². The molecule has 2 heteroatoms. The van der Waals surface area contributed by atoms with Crippen LogP contribution in [0.4, 0.5) is 0 Å². The monoisotopic (exact) mass is 224 g/mol. The van der Waals surface area contributed by atoms with Gasteiger partial charge in [0.15, 0.2) is 0 Å². The van der Waals surface area contributed by atoms with E-state index in [1.807, 2.05) is 0 Å². The number of ketones is 1. The van der Waals surface area contributed by atoms with Crippen molar-refractivity contribution in [2.45, 2.75) is 64.4 Å². The van der Waals surface area contributed by atoms with Gasteiger partial charge in [-0.15, -0.1) is 0 Å². The Kier molecular flexibility index (Phi) is 3.68. The van der Waals surface area contributed by atoms with Gasteiger partial charge < -0.3 is 4.74 Å². The summed E-state index contributed by atoms with van der Waals surface area (Å²) in [6.07, 6.45) is 7.30. The van der Waals surface area contributed by atoms with Crippen LogP contribution < -0.4 is 0 Å². The third kappa shape index (κ3) is 2.65. The molecule has 0 radical (unpaired) electrons. The predicted molar refractivity (Wildman–Crippen MR) is 64.3 cm³/mol. The van der Waals surface area contributed by atoms with E-state index >= 15 is 0 Å². The molecule has 0 aromatic heterocycles. The van der Waals surface area contributed by atoms with Crippen LogP contribution in [-0.2, 0) is 9.53 Å². The van der Waals surface area contributed by atoms with Crippen LogP contribution in [0.15, 0.2) is 0 Å². The molecule has 2 atom stereocenters. The molecular formula is C14H24O2. The highest BCUT2D eigenvalue weighted by Crippen LogP contribution is 2.39. The lowest BCUT2D eigenvalue weighted by Gasteiger charge is -2.36. The van der Waals surface area contributed by atoms with Gasteiger partial charge in [0.05, 0.1) is 12.2 Å². The summed E-state index contributed by atoms with van der Waals surface area (Å²) in [6.45, 7) is 5.29. The maximum Gasteiger partial charge on any atom is 0.138 e. The van der Waals surface area contributed by atoms with Gasteiger partial charge in [0.25, 0.3) is 0 Å². The number of carbonyl (C=O) groups excluding carboxylic acids is 1. The minimum absolute atomic E-state index is 0.0705. The summed E-state index contributed by atoms with van der Waals surface area (Å²) in [7, 11) is 0. The maximum absolute atomic E-state index is 11.6. The maximum atomic E-state index is 11.6. The fourth-order valence-corrected chi connectivity index (χ4v) is 3.27. The van der Waals surface area contributed by atoms with Crippen LogP contribution in [-0.4, -0.2) is 18.0 Å². The van der Waals surface area contributed by atoms with Gasteiger partial charge in [0.1, 0.15) is 5.78 Å². The van der Waals surface area contributed by atoms with E-state index in [1.165, 1.54) is 19.3 Å². The second-order valence-corrected chi connectivity index (χ2v) is 5.93. The normalized spacial score (nSPS) is 36.7. The average molecular weight is 224 g/mol. The topological polar surface area (TPSA) is 26.3 Å². The van der Waals surface area contributed by atoms with Gasteiger partial charge in [-0.05, 0) is 31.1 Å². The largest absolute Gasteiger partial charge is 0.374 e. The quantitative estimate of drug-likeness (QED) is 0.683. The lowest BCUT2D eigenvalue weighted by Crippen LogP contribution is -2.39. The lowest BCUT2D eigenvalue weighted by molar-refractivity contribution is -0.142. The van der Waals surface area contributed by atoms with Crippen LogP contribution in [0.2, 0.25) is 0 Å². The van der Waals surface area contributed by atoms with E-state index in [0.717, 1.165) is 24.7 Å². The van der Waals surface area contributed by atoms with Crippen LogP contribution in [0, 0.1) is 11.8 Å². The molecule has 0 aromatic carbocycles. The highest BCUT2D eigenvalue weighted by Gasteiger charge is 2.38. The summed E-state index contributed by atoms with van der Waals surface area (Å²) >= 11 is 0. The molecule has 0 N–H and O–H groups in total.